The molecule has 0 radical (unpaired) electrons. The first-order valence-electron chi connectivity index (χ1n) is 29.4. The van der Waals surface area contributed by atoms with Crippen LogP contribution in [0.3, 0.4) is 0 Å². The van der Waals surface area contributed by atoms with Gasteiger partial charge in [0.15, 0.2) is 16.9 Å². The van der Waals surface area contributed by atoms with Crippen LogP contribution in [0.5, 0.6) is 0 Å². The van der Waals surface area contributed by atoms with E-state index in [1.54, 1.807) is 53.4 Å². The summed E-state index contributed by atoms with van der Waals surface area (Å²) in [6.45, 7) is 32.4. The maximum absolute atomic E-state index is 6.03. The number of hydrogen-bond donors (Lipinski definition) is 3. The first-order chi connectivity index (χ1) is 40.3. The van der Waals surface area contributed by atoms with Gasteiger partial charge in [-0.15, -0.1) is 0 Å². The summed E-state index contributed by atoms with van der Waals surface area (Å²) in [7, 11) is -3.08. The Morgan fingerprint density at radius 1 is 0.482 bits per heavy atom. The molecule has 0 bridgehead atoms. The molecule has 9 aromatic rings. The summed E-state index contributed by atoms with van der Waals surface area (Å²) in [5.74, 6) is 0.373. The van der Waals surface area contributed by atoms with E-state index >= 15 is 0 Å². The van der Waals surface area contributed by atoms with Crippen LogP contribution in [0.25, 0.3) is 44.7 Å². The van der Waals surface area contributed by atoms with E-state index in [0.717, 1.165) is 76.9 Å². The number of nitrogen functional groups attached to an aromatic ring is 2. The third-order valence-electron chi connectivity index (χ3n) is 13.8. The molecule has 26 heteroatoms. The molecule has 85 heavy (non-hydrogen) atoms. The molecule has 0 aliphatic heterocycles. The Bertz CT molecular complexity index is 3400. The van der Waals surface area contributed by atoms with E-state index in [-0.39, 0.29) is 0 Å². The molecule has 0 aliphatic carbocycles. The number of aromatic nitrogens is 13. The van der Waals surface area contributed by atoms with Crippen molar-refractivity contribution in [2.24, 2.45) is 0 Å². The van der Waals surface area contributed by atoms with E-state index in [1.165, 1.54) is 75.5 Å². The minimum absolute atomic E-state index is 0.373. The van der Waals surface area contributed by atoms with Crippen LogP contribution < -0.4 is 15.0 Å². The summed E-state index contributed by atoms with van der Waals surface area (Å²) in [6.07, 6.45) is 24.2. The quantitative estimate of drug-likeness (QED) is 0.0357. The van der Waals surface area contributed by atoms with Gasteiger partial charge in [-0.25, -0.2) is 34.9 Å². The van der Waals surface area contributed by atoms with Crippen LogP contribution in [0.2, 0.25) is 90.4 Å². The average molecular weight is 1580 g/mol. The van der Waals surface area contributed by atoms with E-state index in [9.17, 15) is 0 Å². The minimum Gasteiger partial charge on any atom is -0.396 e. The number of ether oxygens (including phenoxy) is 3. The predicted octanol–water partition coefficient (Wildman–Crippen LogP) is 16.5. The Morgan fingerprint density at radius 3 is 1.42 bits per heavy atom. The standard InChI is InChI=1S/2C12H18BrN3OSi.C12H18N3OSi.C6H4BrN3.C5H6BrN3.3C4H9.Sn/c1-18(2,3)5-4-17-9-16-8-15-12-11(16)6-10(13)7-14-12;1-18(2,3)5-4-17-9-16-8-15-11-6-10(13)7-14-12(11)16;1-17(2,3)8-7-16-10-15-9-14-12-11(15)5-4-6-13-12;7-4-1-5-6(8-2-4)10-3-9-5;6-3-1-4(7)5(8)9-2-3;3*1-3-4-2;/h2*6-8H,4-5,9H2,1-3H3;5-6,9H,7-8,10H2,1-3H3;1-3H,(H,8,9,10);1-2H,7H2,(H2,8,9);3*1,3-4H2,2H3;. The molecule has 0 aliphatic rings. The molecule has 0 saturated carbocycles. The second kappa shape index (κ2) is 35.6. The van der Waals surface area contributed by atoms with Gasteiger partial charge in [-0.1, -0.05) is 39.3 Å². The molecule has 0 aromatic carbocycles. The number of fused-ring (bicyclic) bond motifs is 4. The molecular weight excluding hydrogens is 1490 g/mol. The van der Waals surface area contributed by atoms with Gasteiger partial charge in [-0.3, -0.25) is 4.57 Å². The summed E-state index contributed by atoms with van der Waals surface area (Å²) >= 11 is 10.8. The Balaban J connectivity index is 0.000000207. The van der Waals surface area contributed by atoms with Crippen LogP contribution in [-0.2, 0) is 34.4 Å². The third kappa shape index (κ3) is 25.5. The second-order valence-electron chi connectivity index (χ2n) is 24.9. The molecule has 0 amide bonds. The molecule has 0 spiro atoms. The van der Waals surface area contributed by atoms with Gasteiger partial charge >= 0.3 is 191 Å². The molecule has 0 fully saturated rings. The number of pyridine rings is 5. The predicted molar refractivity (Wildman–Crippen MR) is 377 cm³/mol. The normalized spacial score (nSPS) is 11.9. The molecule has 9 aromatic heterocycles. The average Bonchev–Trinajstić information content (AvgIpc) is 4.45. The molecule has 0 unspecified atom stereocenters. The van der Waals surface area contributed by atoms with E-state index in [4.69, 9.17) is 30.7 Å². The SMILES string of the molecule is Brc1cnc2nc[nH]c2c1.CCC[CH2][Sn]([CH2]CCC)([CH2]CCC)[c]1cnc2ncn(COCC[Si](C)(C)C)c2c1.C[Si](C)(C)CCOCn1cnc2cc(Br)cnc21.C[Si](C)(C)CCOCn1cnc2ncc(Br)cc21.Nc1cc(Br)cnc1N. The second-order valence-corrected chi connectivity index (χ2v) is 58.7. The largest absolute Gasteiger partial charge is 0.396 e. The number of anilines is 2. The fraction of sp³-hybridized carbons (Fsp3) is 0.508. The molecule has 9 heterocycles. The van der Waals surface area contributed by atoms with Crippen molar-refractivity contribution < 1.29 is 14.2 Å². The van der Waals surface area contributed by atoms with Crippen LogP contribution in [0.1, 0.15) is 59.3 Å². The number of nitrogens with one attached hydrogen (secondary N) is 1. The van der Waals surface area contributed by atoms with Gasteiger partial charge in [0.2, 0.25) is 0 Å². The van der Waals surface area contributed by atoms with Crippen molar-refractivity contribution in [3.05, 3.63) is 105 Å². The summed E-state index contributed by atoms with van der Waals surface area (Å²) in [5, 5.41) is 0. The van der Waals surface area contributed by atoms with Gasteiger partial charge in [-0.05, 0) is 100 Å². The smallest absolute Gasteiger partial charge is 0.177 e. The molecule has 0 atom stereocenters. The fourth-order valence-corrected chi connectivity index (χ4v) is 27.9. The maximum Gasteiger partial charge on any atom is 0.177 e. The van der Waals surface area contributed by atoms with Crippen molar-refractivity contribution in [3.8, 4) is 0 Å². The van der Waals surface area contributed by atoms with E-state index < -0.39 is 42.6 Å². The number of rotatable bonds is 25. The first-order valence-corrected chi connectivity index (χ1v) is 51.2. The number of nitrogens with two attached hydrogens (primary N) is 2. The van der Waals surface area contributed by atoms with E-state index in [2.05, 4.69) is 205 Å². The minimum atomic E-state index is -2.47. The summed E-state index contributed by atoms with van der Waals surface area (Å²) in [5.41, 5.74) is 18.5. The van der Waals surface area contributed by atoms with Crippen molar-refractivity contribution in [3.63, 3.8) is 0 Å². The Morgan fingerprint density at radius 2 is 0.918 bits per heavy atom. The van der Waals surface area contributed by atoms with Crippen molar-refractivity contribution >= 4 is 166 Å². The number of hydrogen-bond acceptors (Lipinski definition) is 14. The van der Waals surface area contributed by atoms with Crippen molar-refractivity contribution in [2.45, 2.75) is 170 Å². The molecule has 0 saturated heterocycles. The van der Waals surface area contributed by atoms with Crippen molar-refractivity contribution in [2.75, 3.05) is 31.3 Å². The number of H-pyrrole nitrogens is 1. The number of nitrogens with zero attached hydrogens (tertiary/aromatic N) is 12. The van der Waals surface area contributed by atoms with Crippen LogP contribution in [0, 0.1) is 0 Å². The topological polar surface area (TPSA) is 226 Å². The maximum atomic E-state index is 6.03. The van der Waals surface area contributed by atoms with E-state index in [0.29, 0.717) is 31.7 Å². The number of halogens is 4. The Hall–Kier alpha value is -3.52. The van der Waals surface area contributed by atoms with Gasteiger partial charge in [0.1, 0.15) is 24.8 Å². The van der Waals surface area contributed by atoms with Crippen LogP contribution in [0.15, 0.2) is 105 Å². The summed E-state index contributed by atoms with van der Waals surface area (Å²) in [4.78, 5) is 41.3. The van der Waals surface area contributed by atoms with Crippen LogP contribution >= 0.6 is 63.7 Å². The monoisotopic (exact) mass is 1580 g/mol. The van der Waals surface area contributed by atoms with Gasteiger partial charge < -0.3 is 30.5 Å². The number of unbranched alkanes of at least 4 members (excludes halogenated alkanes) is 3. The zero-order valence-electron chi connectivity index (χ0n) is 52.1. The zero-order valence-corrected chi connectivity index (χ0v) is 64.3. The van der Waals surface area contributed by atoms with Crippen molar-refractivity contribution in [1.29, 1.82) is 0 Å². The van der Waals surface area contributed by atoms with Crippen LogP contribution in [-0.4, -0.2) is 126 Å². The first kappa shape index (κ1) is 72.2. The Kier molecular flexibility index (Phi) is 30.3. The fourth-order valence-electron chi connectivity index (χ4n) is 8.62. The summed E-state index contributed by atoms with van der Waals surface area (Å²) < 4.78 is 33.3. The van der Waals surface area contributed by atoms with Gasteiger partial charge in [0, 0.05) is 72.0 Å². The molecule has 18 nitrogen and oxygen atoms in total. The number of aromatic amines is 1. The van der Waals surface area contributed by atoms with Crippen LogP contribution in [0.4, 0.5) is 11.5 Å². The van der Waals surface area contributed by atoms with Gasteiger partial charge in [-0.2, -0.15) is 0 Å². The molecule has 464 valence electrons. The van der Waals surface area contributed by atoms with Gasteiger partial charge in [0.25, 0.3) is 0 Å². The van der Waals surface area contributed by atoms with Crippen molar-refractivity contribution in [1.82, 2.24) is 63.5 Å². The Labute approximate surface area is 544 Å². The molecule has 5 N–H and O–H groups in total. The molecule has 9 rings (SSSR count). The molecular formula is C59H91Br4N15O3Si3Sn. The third-order valence-corrected chi connectivity index (χ3v) is 36.2. The zero-order chi connectivity index (χ0) is 62.2. The van der Waals surface area contributed by atoms with E-state index in [1.807, 2.05) is 33.7 Å². The summed E-state index contributed by atoms with van der Waals surface area (Å²) in [6, 6.07) is 13.7. The van der Waals surface area contributed by atoms with Gasteiger partial charge in [0.05, 0.1) is 35.7 Å². The number of imidazole rings is 4.